The Morgan fingerprint density at radius 2 is 2.06 bits per heavy atom. The van der Waals surface area contributed by atoms with E-state index in [0.29, 0.717) is 18.7 Å². The Labute approximate surface area is 96.1 Å². The lowest BCUT2D eigenvalue weighted by atomic mass is 10.1. The molecule has 1 aliphatic rings. The van der Waals surface area contributed by atoms with Gasteiger partial charge in [-0.25, -0.2) is 8.42 Å². The molecule has 0 saturated heterocycles. The molecule has 0 unspecified atom stereocenters. The Morgan fingerprint density at radius 1 is 1.38 bits per heavy atom. The third kappa shape index (κ3) is 1.55. The Balaban J connectivity index is 2.50. The molecule has 4 nitrogen and oxygen atoms in total. The number of rotatable bonds is 2. The lowest BCUT2D eigenvalue weighted by molar-refractivity contribution is 0.583. The number of hydrogen-bond acceptors (Lipinski definition) is 3. The highest BCUT2D eigenvalue weighted by atomic mass is 32.2. The number of nitrogens with two attached hydrogens (primary N) is 1. The summed E-state index contributed by atoms with van der Waals surface area (Å²) in [6, 6.07) is 5.42. The minimum atomic E-state index is -3.23. The zero-order valence-electron chi connectivity index (χ0n) is 9.47. The number of anilines is 2. The Hall–Kier alpha value is -1.23. The molecule has 1 aromatic rings. The van der Waals surface area contributed by atoms with Crippen LogP contribution < -0.4 is 10.0 Å². The van der Waals surface area contributed by atoms with Crippen LogP contribution in [0.3, 0.4) is 0 Å². The van der Waals surface area contributed by atoms with E-state index in [2.05, 4.69) is 0 Å². The monoisotopic (exact) mass is 240 g/mol. The van der Waals surface area contributed by atoms with Crippen LogP contribution >= 0.6 is 0 Å². The molecule has 1 heterocycles. The first-order chi connectivity index (χ1) is 7.44. The fraction of sp³-hybridized carbons (Fsp3) is 0.455. The number of nitrogens with zero attached hydrogens (tertiary/aromatic N) is 1. The summed E-state index contributed by atoms with van der Waals surface area (Å²) >= 11 is 0. The van der Waals surface area contributed by atoms with Crippen LogP contribution in [0.1, 0.15) is 19.4 Å². The fourth-order valence-corrected chi connectivity index (χ4v) is 3.25. The SMILES string of the molecule is CC(C)S(=O)(=O)N1CCc2c(N)cccc21. The van der Waals surface area contributed by atoms with E-state index in [4.69, 9.17) is 5.73 Å². The molecule has 1 aromatic carbocycles. The van der Waals surface area contributed by atoms with E-state index < -0.39 is 15.3 Å². The molecular formula is C11H16N2O2S. The van der Waals surface area contributed by atoms with Gasteiger partial charge in [-0.3, -0.25) is 4.31 Å². The highest BCUT2D eigenvalue weighted by Gasteiger charge is 2.32. The van der Waals surface area contributed by atoms with Crippen LogP contribution in [0, 0.1) is 0 Å². The lowest BCUT2D eigenvalue weighted by Crippen LogP contribution is -2.34. The molecule has 0 aromatic heterocycles. The van der Waals surface area contributed by atoms with Crippen molar-refractivity contribution in [3.63, 3.8) is 0 Å². The van der Waals surface area contributed by atoms with Gasteiger partial charge in [-0.1, -0.05) is 6.07 Å². The molecule has 0 amide bonds. The van der Waals surface area contributed by atoms with E-state index in [0.717, 1.165) is 11.3 Å². The van der Waals surface area contributed by atoms with E-state index in [-0.39, 0.29) is 0 Å². The highest BCUT2D eigenvalue weighted by Crippen LogP contribution is 2.34. The summed E-state index contributed by atoms with van der Waals surface area (Å²) in [6.45, 7) is 3.89. The molecule has 5 heteroatoms. The topological polar surface area (TPSA) is 63.4 Å². The lowest BCUT2D eigenvalue weighted by Gasteiger charge is -2.21. The maximum atomic E-state index is 12.1. The molecule has 0 radical (unpaired) electrons. The second kappa shape index (κ2) is 3.66. The van der Waals surface area contributed by atoms with Crippen molar-refractivity contribution in [3.05, 3.63) is 23.8 Å². The molecule has 2 N–H and O–H groups in total. The number of sulfonamides is 1. The van der Waals surface area contributed by atoms with Crippen molar-refractivity contribution in [2.45, 2.75) is 25.5 Å². The predicted octanol–water partition coefficient (Wildman–Crippen LogP) is 1.37. The largest absolute Gasteiger partial charge is 0.398 e. The van der Waals surface area contributed by atoms with Crippen molar-refractivity contribution < 1.29 is 8.42 Å². The van der Waals surface area contributed by atoms with Gasteiger partial charge in [0.15, 0.2) is 0 Å². The molecule has 1 aliphatic heterocycles. The van der Waals surface area contributed by atoms with Crippen molar-refractivity contribution >= 4 is 21.4 Å². The van der Waals surface area contributed by atoms with Crippen LogP contribution in [-0.4, -0.2) is 20.2 Å². The molecule has 0 bridgehead atoms. The normalized spacial score (nSPS) is 15.6. The molecule has 16 heavy (non-hydrogen) atoms. The fourth-order valence-electron chi connectivity index (χ4n) is 1.95. The van der Waals surface area contributed by atoms with Gasteiger partial charge in [-0.2, -0.15) is 0 Å². The van der Waals surface area contributed by atoms with Crippen molar-refractivity contribution in [1.29, 1.82) is 0 Å². The number of benzene rings is 1. The van der Waals surface area contributed by atoms with Crippen LogP contribution in [0.2, 0.25) is 0 Å². The van der Waals surface area contributed by atoms with Crippen LogP contribution in [0.15, 0.2) is 18.2 Å². The van der Waals surface area contributed by atoms with Gasteiger partial charge in [-0.05, 0) is 32.4 Å². The van der Waals surface area contributed by atoms with Gasteiger partial charge in [0.05, 0.1) is 10.9 Å². The van der Waals surface area contributed by atoms with Gasteiger partial charge >= 0.3 is 0 Å². The van der Waals surface area contributed by atoms with Crippen molar-refractivity contribution in [1.82, 2.24) is 0 Å². The van der Waals surface area contributed by atoms with Gasteiger partial charge in [-0.15, -0.1) is 0 Å². The quantitative estimate of drug-likeness (QED) is 0.794. The van der Waals surface area contributed by atoms with E-state index in [1.54, 1.807) is 19.9 Å². The molecule has 0 aliphatic carbocycles. The molecule has 0 saturated carbocycles. The average Bonchev–Trinajstić information content (AvgIpc) is 2.63. The smallest absolute Gasteiger partial charge is 0.237 e. The predicted molar refractivity (Wildman–Crippen MR) is 66.0 cm³/mol. The summed E-state index contributed by atoms with van der Waals surface area (Å²) < 4.78 is 25.7. The first-order valence-corrected chi connectivity index (χ1v) is 6.84. The van der Waals surface area contributed by atoms with Crippen molar-refractivity contribution in [2.24, 2.45) is 0 Å². The first-order valence-electron chi connectivity index (χ1n) is 5.33. The van der Waals surface area contributed by atoms with Gasteiger partial charge in [0.1, 0.15) is 0 Å². The Kier molecular flexibility index (Phi) is 2.58. The second-order valence-corrected chi connectivity index (χ2v) is 6.67. The van der Waals surface area contributed by atoms with Crippen molar-refractivity contribution in [2.75, 3.05) is 16.6 Å². The van der Waals surface area contributed by atoms with Crippen molar-refractivity contribution in [3.8, 4) is 0 Å². The standard InChI is InChI=1S/C11H16N2O2S/c1-8(2)16(14,15)13-7-6-9-10(12)4-3-5-11(9)13/h3-5,8H,6-7,12H2,1-2H3. The maximum absolute atomic E-state index is 12.1. The molecule has 0 fully saturated rings. The molecule has 0 spiro atoms. The van der Waals surface area contributed by atoms with Gasteiger partial charge in [0.2, 0.25) is 10.0 Å². The second-order valence-electron chi connectivity index (χ2n) is 4.26. The van der Waals surface area contributed by atoms with Crippen LogP contribution in [0.5, 0.6) is 0 Å². The Bertz CT molecular complexity index is 509. The van der Waals surface area contributed by atoms with Crippen LogP contribution in [0.4, 0.5) is 11.4 Å². The molecule has 2 rings (SSSR count). The summed E-state index contributed by atoms with van der Waals surface area (Å²) in [5.74, 6) is 0. The van der Waals surface area contributed by atoms with Gasteiger partial charge in [0, 0.05) is 17.8 Å². The summed E-state index contributed by atoms with van der Waals surface area (Å²) in [6.07, 6.45) is 0.702. The van der Waals surface area contributed by atoms with E-state index >= 15 is 0 Å². The number of nitrogen functional groups attached to an aromatic ring is 1. The first kappa shape index (κ1) is 11.3. The van der Waals surface area contributed by atoms with Crippen LogP contribution in [0.25, 0.3) is 0 Å². The minimum Gasteiger partial charge on any atom is -0.398 e. The van der Waals surface area contributed by atoms with Gasteiger partial charge in [0.25, 0.3) is 0 Å². The number of hydrogen-bond donors (Lipinski definition) is 1. The third-order valence-corrected chi connectivity index (χ3v) is 5.11. The maximum Gasteiger partial charge on any atom is 0.237 e. The zero-order chi connectivity index (χ0) is 11.9. The molecule has 0 atom stereocenters. The Morgan fingerprint density at radius 3 is 2.69 bits per heavy atom. The van der Waals surface area contributed by atoms with Crippen LogP contribution in [-0.2, 0) is 16.4 Å². The minimum absolute atomic E-state index is 0.403. The summed E-state index contributed by atoms with van der Waals surface area (Å²) in [5, 5.41) is -0.403. The average molecular weight is 240 g/mol. The zero-order valence-corrected chi connectivity index (χ0v) is 10.3. The molecule has 88 valence electrons. The summed E-state index contributed by atoms with van der Waals surface area (Å²) in [7, 11) is -3.23. The summed E-state index contributed by atoms with van der Waals surface area (Å²) in [4.78, 5) is 0. The summed E-state index contributed by atoms with van der Waals surface area (Å²) in [5.41, 5.74) is 8.21. The van der Waals surface area contributed by atoms with E-state index in [1.165, 1.54) is 4.31 Å². The molecular weight excluding hydrogens is 224 g/mol. The van der Waals surface area contributed by atoms with E-state index in [1.807, 2.05) is 12.1 Å². The highest BCUT2D eigenvalue weighted by molar-refractivity contribution is 7.93. The number of fused-ring (bicyclic) bond motifs is 1. The third-order valence-electron chi connectivity index (χ3n) is 2.92. The van der Waals surface area contributed by atoms with E-state index in [9.17, 15) is 8.42 Å². The van der Waals surface area contributed by atoms with Gasteiger partial charge < -0.3 is 5.73 Å².